The fraction of sp³-hybridized carbons (Fsp3) is 0.750. The van der Waals surface area contributed by atoms with Crippen LogP contribution in [0.3, 0.4) is 0 Å². The minimum Gasteiger partial charge on any atom is -0.365 e. The van der Waals surface area contributed by atoms with Crippen molar-refractivity contribution in [2.45, 2.75) is 31.5 Å². The molecule has 1 atom stereocenters. The summed E-state index contributed by atoms with van der Waals surface area (Å²) in [6, 6.07) is 0. The zero-order valence-corrected chi connectivity index (χ0v) is 6.18. The second kappa shape index (κ2) is 3.17. The monoisotopic (exact) mass is 142 g/mol. The summed E-state index contributed by atoms with van der Waals surface area (Å²) < 4.78 is 5.15. The molecule has 0 aliphatic carbocycles. The number of hydrogen-bond donors (Lipinski definition) is 1. The highest BCUT2D eigenvalue weighted by Crippen LogP contribution is 2.26. The van der Waals surface area contributed by atoms with E-state index in [0.29, 0.717) is 13.0 Å². The van der Waals surface area contributed by atoms with Crippen LogP contribution >= 0.6 is 0 Å². The van der Waals surface area contributed by atoms with E-state index in [2.05, 4.69) is 6.58 Å². The minimum absolute atomic E-state index is 0.691. The summed E-state index contributed by atoms with van der Waals surface area (Å²) in [5.74, 6) is -0.825. The molecule has 0 bridgehead atoms. The Labute approximate surface area is 61.5 Å². The summed E-state index contributed by atoms with van der Waals surface area (Å²) >= 11 is 0. The quantitative estimate of drug-likeness (QED) is 0.604. The van der Waals surface area contributed by atoms with E-state index in [1.165, 1.54) is 0 Å². The Morgan fingerprint density at radius 3 is 3.00 bits per heavy atom. The zero-order valence-electron chi connectivity index (χ0n) is 6.18. The van der Waals surface area contributed by atoms with Crippen molar-refractivity contribution in [2.24, 2.45) is 0 Å². The summed E-state index contributed by atoms with van der Waals surface area (Å²) in [5, 5.41) is 9.55. The number of allylic oxidation sites excluding steroid dienone is 1. The smallest absolute Gasteiger partial charge is 0.165 e. The Kier molecular flexibility index (Phi) is 2.46. The first-order valence-electron chi connectivity index (χ1n) is 3.74. The van der Waals surface area contributed by atoms with Crippen molar-refractivity contribution in [2.75, 3.05) is 6.61 Å². The first-order chi connectivity index (χ1) is 4.77. The van der Waals surface area contributed by atoms with E-state index in [-0.39, 0.29) is 0 Å². The molecule has 1 fully saturated rings. The summed E-state index contributed by atoms with van der Waals surface area (Å²) in [6.45, 7) is 4.29. The molecule has 1 heterocycles. The molecule has 0 saturated carbocycles. The molecule has 0 unspecified atom stereocenters. The van der Waals surface area contributed by atoms with E-state index in [1.54, 1.807) is 6.08 Å². The maximum atomic E-state index is 9.55. The molecule has 0 aromatic heterocycles. The molecule has 1 aliphatic rings. The van der Waals surface area contributed by atoms with Gasteiger partial charge in [-0.15, -0.1) is 6.58 Å². The predicted molar refractivity (Wildman–Crippen MR) is 39.6 cm³/mol. The first kappa shape index (κ1) is 7.76. The lowest BCUT2D eigenvalue weighted by molar-refractivity contribution is -0.174. The van der Waals surface area contributed by atoms with Gasteiger partial charge in [-0.1, -0.05) is 6.08 Å². The average molecular weight is 142 g/mol. The second-order valence-corrected chi connectivity index (χ2v) is 2.73. The molecule has 10 heavy (non-hydrogen) atoms. The van der Waals surface area contributed by atoms with E-state index >= 15 is 0 Å². The van der Waals surface area contributed by atoms with Gasteiger partial charge in [0.1, 0.15) is 0 Å². The molecule has 2 nitrogen and oxygen atoms in total. The van der Waals surface area contributed by atoms with Crippen LogP contribution in [0, 0.1) is 0 Å². The lowest BCUT2D eigenvalue weighted by atomic mass is 10.1. The summed E-state index contributed by atoms with van der Waals surface area (Å²) in [6.07, 6.45) is 5.08. The molecule has 0 radical (unpaired) electrons. The summed E-state index contributed by atoms with van der Waals surface area (Å²) in [4.78, 5) is 0. The van der Waals surface area contributed by atoms with Crippen LogP contribution < -0.4 is 0 Å². The van der Waals surface area contributed by atoms with Crippen molar-refractivity contribution in [3.8, 4) is 0 Å². The van der Waals surface area contributed by atoms with Crippen molar-refractivity contribution in [3.05, 3.63) is 12.7 Å². The molecule has 1 aliphatic heterocycles. The van der Waals surface area contributed by atoms with Crippen LogP contribution in [0.1, 0.15) is 25.7 Å². The maximum Gasteiger partial charge on any atom is 0.165 e. The van der Waals surface area contributed by atoms with Gasteiger partial charge in [-0.3, -0.25) is 0 Å². The lowest BCUT2D eigenvalue weighted by Crippen LogP contribution is -2.26. The van der Waals surface area contributed by atoms with Crippen molar-refractivity contribution in [1.82, 2.24) is 0 Å². The molecule has 2 heteroatoms. The Bertz CT molecular complexity index is 114. The molecule has 0 spiro atoms. The van der Waals surface area contributed by atoms with Crippen LogP contribution in [0.15, 0.2) is 12.7 Å². The molecule has 1 N–H and O–H groups in total. The fourth-order valence-corrected chi connectivity index (χ4v) is 1.21. The SMILES string of the molecule is C=CCC[C@@]1(O)CCCO1. The van der Waals surface area contributed by atoms with Gasteiger partial charge in [0.2, 0.25) is 0 Å². The van der Waals surface area contributed by atoms with E-state index < -0.39 is 5.79 Å². The molecule has 0 aromatic rings. The molecule has 1 rings (SSSR count). The number of ether oxygens (including phenoxy) is 1. The number of aliphatic hydroxyl groups is 1. The molecule has 58 valence electrons. The average Bonchev–Trinajstić information content (AvgIpc) is 2.33. The van der Waals surface area contributed by atoms with Crippen LogP contribution in [0.5, 0.6) is 0 Å². The summed E-state index contributed by atoms with van der Waals surface area (Å²) in [5.41, 5.74) is 0. The van der Waals surface area contributed by atoms with Gasteiger partial charge in [0.25, 0.3) is 0 Å². The van der Waals surface area contributed by atoms with Gasteiger partial charge in [-0.05, 0) is 12.8 Å². The summed E-state index contributed by atoms with van der Waals surface area (Å²) in [7, 11) is 0. The van der Waals surface area contributed by atoms with Crippen LogP contribution in [0.25, 0.3) is 0 Å². The standard InChI is InChI=1S/C8H14O2/c1-2-3-5-8(9)6-4-7-10-8/h2,9H,1,3-7H2/t8-/m0/s1. The molecule has 1 saturated heterocycles. The molecular formula is C8H14O2. The third-order valence-electron chi connectivity index (χ3n) is 1.82. The minimum atomic E-state index is -0.825. The highest BCUT2D eigenvalue weighted by Gasteiger charge is 2.30. The Morgan fingerprint density at radius 1 is 1.70 bits per heavy atom. The van der Waals surface area contributed by atoms with Crippen molar-refractivity contribution < 1.29 is 9.84 Å². The van der Waals surface area contributed by atoms with E-state index in [1.807, 2.05) is 0 Å². The van der Waals surface area contributed by atoms with Gasteiger partial charge in [-0.2, -0.15) is 0 Å². The van der Waals surface area contributed by atoms with E-state index in [0.717, 1.165) is 19.3 Å². The van der Waals surface area contributed by atoms with Crippen LogP contribution in [0.4, 0.5) is 0 Å². The molecule has 0 amide bonds. The third kappa shape index (κ3) is 1.82. The number of rotatable bonds is 3. The van der Waals surface area contributed by atoms with Crippen LogP contribution in [-0.4, -0.2) is 17.5 Å². The van der Waals surface area contributed by atoms with Gasteiger partial charge in [0, 0.05) is 12.8 Å². The van der Waals surface area contributed by atoms with Crippen molar-refractivity contribution in [1.29, 1.82) is 0 Å². The Balaban J connectivity index is 2.28. The van der Waals surface area contributed by atoms with Gasteiger partial charge < -0.3 is 9.84 Å². The van der Waals surface area contributed by atoms with E-state index in [4.69, 9.17) is 4.74 Å². The fourth-order valence-electron chi connectivity index (χ4n) is 1.21. The maximum absolute atomic E-state index is 9.55. The Hall–Kier alpha value is -0.340. The van der Waals surface area contributed by atoms with Crippen molar-refractivity contribution in [3.63, 3.8) is 0 Å². The topological polar surface area (TPSA) is 29.5 Å². The highest BCUT2D eigenvalue weighted by molar-refractivity contribution is 4.77. The number of hydrogen-bond acceptors (Lipinski definition) is 2. The molecular weight excluding hydrogens is 128 g/mol. The Morgan fingerprint density at radius 2 is 2.50 bits per heavy atom. The normalized spacial score (nSPS) is 32.5. The molecule has 0 aromatic carbocycles. The zero-order chi connectivity index (χ0) is 7.45. The second-order valence-electron chi connectivity index (χ2n) is 2.73. The highest BCUT2D eigenvalue weighted by atomic mass is 16.6. The van der Waals surface area contributed by atoms with Gasteiger partial charge in [0.15, 0.2) is 5.79 Å². The van der Waals surface area contributed by atoms with E-state index in [9.17, 15) is 5.11 Å². The van der Waals surface area contributed by atoms with Gasteiger partial charge in [0.05, 0.1) is 6.61 Å². The van der Waals surface area contributed by atoms with Gasteiger partial charge >= 0.3 is 0 Å². The van der Waals surface area contributed by atoms with Crippen LogP contribution in [0.2, 0.25) is 0 Å². The van der Waals surface area contributed by atoms with Gasteiger partial charge in [-0.25, -0.2) is 0 Å². The predicted octanol–water partition coefficient (Wildman–Crippen LogP) is 1.45. The lowest BCUT2D eigenvalue weighted by Gasteiger charge is -2.19. The van der Waals surface area contributed by atoms with Crippen molar-refractivity contribution >= 4 is 0 Å². The largest absolute Gasteiger partial charge is 0.365 e. The first-order valence-corrected chi connectivity index (χ1v) is 3.74. The van der Waals surface area contributed by atoms with Crippen LogP contribution in [-0.2, 0) is 4.74 Å². The third-order valence-corrected chi connectivity index (χ3v) is 1.82.